The van der Waals surface area contributed by atoms with Crippen LogP contribution in [0.2, 0.25) is 0 Å². The van der Waals surface area contributed by atoms with E-state index in [1.54, 1.807) is 20.8 Å². The highest BCUT2D eigenvalue weighted by molar-refractivity contribution is 6.14. The molecule has 0 bridgehead atoms. The summed E-state index contributed by atoms with van der Waals surface area (Å²) < 4.78 is 16.6. The quantitative estimate of drug-likeness (QED) is 0.330. The Bertz CT molecular complexity index is 798. The van der Waals surface area contributed by atoms with Gasteiger partial charge in [-0.2, -0.15) is 0 Å². The van der Waals surface area contributed by atoms with Gasteiger partial charge in [0.25, 0.3) is 0 Å². The first-order valence-corrected chi connectivity index (χ1v) is 11.1. The molecule has 1 fully saturated rings. The van der Waals surface area contributed by atoms with E-state index >= 15 is 0 Å². The number of Topliss-reactive ketones (excluding diaryl/α,β-unsaturated/α-hetero) is 1. The molecule has 1 saturated heterocycles. The van der Waals surface area contributed by atoms with Gasteiger partial charge in [-0.15, -0.1) is 0 Å². The zero-order valence-electron chi connectivity index (χ0n) is 20.3. The molecule has 0 aromatic heterocycles. The normalized spacial score (nSPS) is 32.7. The maximum absolute atomic E-state index is 12.9. The van der Waals surface area contributed by atoms with E-state index < -0.39 is 54.4 Å². The van der Waals surface area contributed by atoms with Crippen molar-refractivity contribution in [1.82, 2.24) is 0 Å². The molecule has 0 unspecified atom stereocenters. The van der Waals surface area contributed by atoms with Gasteiger partial charge in [0, 0.05) is 19.1 Å². The lowest BCUT2D eigenvalue weighted by Gasteiger charge is -2.40. The molecule has 7 atom stereocenters. The number of esters is 1. The largest absolute Gasteiger partial charge is 0.511 e. The van der Waals surface area contributed by atoms with Gasteiger partial charge in [0.1, 0.15) is 29.7 Å². The van der Waals surface area contributed by atoms with Crippen molar-refractivity contribution in [1.29, 1.82) is 0 Å². The predicted molar refractivity (Wildman–Crippen MR) is 119 cm³/mol. The Balaban J connectivity index is 2.28. The van der Waals surface area contributed by atoms with Gasteiger partial charge >= 0.3 is 5.97 Å². The smallest absolute Gasteiger partial charge is 0.334 e. The molecule has 188 valence electrons. The summed E-state index contributed by atoms with van der Waals surface area (Å²) in [6.07, 6.45) is -5.86. The summed E-state index contributed by atoms with van der Waals surface area (Å²) in [5.74, 6) is -1.14. The number of ether oxygens (including phenoxy) is 3. The highest BCUT2D eigenvalue weighted by Gasteiger charge is 2.44. The lowest BCUT2D eigenvalue weighted by Crippen LogP contribution is -2.58. The standard InChI is InChI=1S/C23H37NO9/c1-11(31-21-19(29)18(28)17(27)12(2)32-21)16(20(30)33-22(3,4)5)24-10-13-14(25)8-23(6,7)9-15(13)26/h10-12,16-19,21,25,27-29H,8-9H2,1-7H3/t11-,12+,16+,17-,18-,19+,21-/m1/s1. The fourth-order valence-electron chi connectivity index (χ4n) is 3.75. The van der Waals surface area contributed by atoms with Crippen LogP contribution in [0.15, 0.2) is 16.3 Å². The fraction of sp³-hybridized carbons (Fsp3) is 0.783. The molecule has 0 saturated carbocycles. The van der Waals surface area contributed by atoms with Crippen molar-refractivity contribution in [3.8, 4) is 0 Å². The van der Waals surface area contributed by atoms with Crippen molar-refractivity contribution < 1.29 is 44.2 Å². The molecule has 10 nitrogen and oxygen atoms in total. The van der Waals surface area contributed by atoms with Gasteiger partial charge in [-0.25, -0.2) is 4.79 Å². The SMILES string of the molecule is C[C@@H]1O[C@@H](O[C@H](C)[C@H](N=CC2=C(O)CC(C)(C)CC2=O)C(=O)OC(C)(C)C)[C@@H](O)[C@H](O)[C@@H]1O. The highest BCUT2D eigenvalue weighted by Crippen LogP contribution is 2.35. The number of allylic oxidation sites excluding steroid dienone is 2. The third-order valence-corrected chi connectivity index (χ3v) is 5.51. The number of rotatable bonds is 6. The van der Waals surface area contributed by atoms with Crippen LogP contribution in [0.4, 0.5) is 0 Å². The van der Waals surface area contributed by atoms with E-state index in [1.807, 2.05) is 13.8 Å². The molecule has 1 heterocycles. The van der Waals surface area contributed by atoms with Crippen molar-refractivity contribution in [2.24, 2.45) is 10.4 Å². The minimum Gasteiger partial charge on any atom is -0.511 e. The fourth-order valence-corrected chi connectivity index (χ4v) is 3.75. The number of aliphatic hydroxyl groups is 4. The molecule has 1 aliphatic heterocycles. The van der Waals surface area contributed by atoms with Crippen LogP contribution in [0.3, 0.4) is 0 Å². The Hall–Kier alpha value is -1.85. The number of carbonyl (C=O) groups is 2. The molecule has 2 rings (SSSR count). The number of ketones is 1. The Morgan fingerprint density at radius 2 is 1.79 bits per heavy atom. The molecule has 1 aliphatic carbocycles. The summed E-state index contributed by atoms with van der Waals surface area (Å²) in [6.45, 7) is 11.8. The second kappa shape index (κ2) is 10.2. The topological polar surface area (TPSA) is 155 Å². The van der Waals surface area contributed by atoms with E-state index in [0.717, 1.165) is 6.21 Å². The molecule has 10 heteroatoms. The van der Waals surface area contributed by atoms with Crippen LogP contribution in [0.1, 0.15) is 61.3 Å². The summed E-state index contributed by atoms with van der Waals surface area (Å²) in [4.78, 5) is 29.6. The zero-order chi connectivity index (χ0) is 25.3. The van der Waals surface area contributed by atoms with Gasteiger partial charge in [-0.1, -0.05) is 13.8 Å². The third-order valence-electron chi connectivity index (χ3n) is 5.51. The van der Waals surface area contributed by atoms with Crippen LogP contribution in [0.25, 0.3) is 0 Å². The third kappa shape index (κ3) is 7.07. The van der Waals surface area contributed by atoms with Crippen LogP contribution in [-0.2, 0) is 23.8 Å². The minimum absolute atomic E-state index is 0.0243. The molecular weight excluding hydrogens is 434 g/mol. The molecule has 0 aromatic rings. The molecule has 0 spiro atoms. The van der Waals surface area contributed by atoms with Gasteiger partial charge in [0.15, 0.2) is 18.1 Å². The average Bonchev–Trinajstić information content (AvgIpc) is 2.64. The predicted octanol–water partition coefficient (Wildman–Crippen LogP) is 1.20. The maximum atomic E-state index is 12.9. The second-order valence-corrected chi connectivity index (χ2v) is 10.6. The van der Waals surface area contributed by atoms with E-state index in [1.165, 1.54) is 13.8 Å². The number of carbonyl (C=O) groups excluding carboxylic acids is 2. The highest BCUT2D eigenvalue weighted by atomic mass is 16.7. The molecular formula is C23H37NO9. The average molecular weight is 472 g/mol. The molecule has 0 aromatic carbocycles. The molecule has 0 amide bonds. The lowest BCUT2D eigenvalue weighted by molar-refractivity contribution is -0.303. The van der Waals surface area contributed by atoms with Gasteiger partial charge in [-0.3, -0.25) is 9.79 Å². The van der Waals surface area contributed by atoms with Crippen molar-refractivity contribution in [2.75, 3.05) is 0 Å². The van der Waals surface area contributed by atoms with Gasteiger partial charge in [-0.05, 0) is 40.0 Å². The van der Waals surface area contributed by atoms with Crippen molar-refractivity contribution in [2.45, 2.75) is 110 Å². The number of hydrogen-bond donors (Lipinski definition) is 4. The number of nitrogens with zero attached hydrogens (tertiary/aromatic N) is 1. The first-order chi connectivity index (χ1) is 15.0. The summed E-state index contributed by atoms with van der Waals surface area (Å²) in [6, 6.07) is -1.26. The van der Waals surface area contributed by atoms with E-state index in [0.29, 0.717) is 6.42 Å². The van der Waals surface area contributed by atoms with Crippen LogP contribution < -0.4 is 0 Å². The number of hydrogen-bond acceptors (Lipinski definition) is 10. The van der Waals surface area contributed by atoms with E-state index in [4.69, 9.17) is 14.2 Å². The van der Waals surface area contributed by atoms with Crippen LogP contribution >= 0.6 is 0 Å². The monoisotopic (exact) mass is 471 g/mol. The Morgan fingerprint density at radius 1 is 1.18 bits per heavy atom. The summed E-state index contributed by atoms with van der Waals surface area (Å²) in [5.41, 5.74) is -1.18. The first-order valence-electron chi connectivity index (χ1n) is 11.1. The van der Waals surface area contributed by atoms with E-state index in [-0.39, 0.29) is 29.0 Å². The number of aliphatic imine (C=N–C) groups is 1. The van der Waals surface area contributed by atoms with E-state index in [9.17, 15) is 30.0 Å². The van der Waals surface area contributed by atoms with Gasteiger partial charge in [0.2, 0.25) is 0 Å². The van der Waals surface area contributed by atoms with E-state index in [2.05, 4.69) is 4.99 Å². The van der Waals surface area contributed by atoms with Gasteiger partial charge < -0.3 is 34.6 Å². The van der Waals surface area contributed by atoms with Crippen LogP contribution in [0, 0.1) is 5.41 Å². The van der Waals surface area contributed by atoms with Crippen molar-refractivity contribution in [3.05, 3.63) is 11.3 Å². The Morgan fingerprint density at radius 3 is 2.33 bits per heavy atom. The minimum atomic E-state index is -1.56. The maximum Gasteiger partial charge on any atom is 0.334 e. The molecule has 4 N–H and O–H groups in total. The Labute approximate surface area is 194 Å². The van der Waals surface area contributed by atoms with Crippen molar-refractivity contribution in [3.63, 3.8) is 0 Å². The summed E-state index contributed by atoms with van der Waals surface area (Å²) in [7, 11) is 0. The molecule has 0 radical (unpaired) electrons. The lowest BCUT2D eigenvalue weighted by atomic mass is 9.77. The summed E-state index contributed by atoms with van der Waals surface area (Å²) >= 11 is 0. The number of aliphatic hydroxyl groups excluding tert-OH is 4. The Kier molecular flexibility index (Phi) is 8.46. The first kappa shape index (κ1) is 27.4. The molecule has 33 heavy (non-hydrogen) atoms. The van der Waals surface area contributed by atoms with Crippen molar-refractivity contribution >= 4 is 18.0 Å². The van der Waals surface area contributed by atoms with Crippen LogP contribution in [-0.4, -0.2) is 86.8 Å². The summed E-state index contributed by atoms with van der Waals surface area (Å²) in [5, 5.41) is 40.5. The molecule has 2 aliphatic rings. The second-order valence-electron chi connectivity index (χ2n) is 10.6. The van der Waals surface area contributed by atoms with Gasteiger partial charge in [0.05, 0.1) is 17.8 Å². The van der Waals surface area contributed by atoms with Crippen LogP contribution in [0.5, 0.6) is 0 Å². The zero-order valence-corrected chi connectivity index (χ0v) is 20.3.